The molecule has 2 heterocycles. The molecular formula is C23H27N3O4. The van der Waals surface area contributed by atoms with E-state index in [-0.39, 0.29) is 19.1 Å². The van der Waals surface area contributed by atoms with Crippen molar-refractivity contribution in [3.8, 4) is 11.5 Å². The summed E-state index contributed by atoms with van der Waals surface area (Å²) in [6.45, 7) is 2.14. The zero-order valence-electron chi connectivity index (χ0n) is 16.9. The average Bonchev–Trinajstić information content (AvgIpc) is 2.79. The number of carbonyl (C=O) groups is 2. The zero-order valence-corrected chi connectivity index (χ0v) is 16.9. The minimum atomic E-state index is -0.797. The lowest BCUT2D eigenvalue weighted by molar-refractivity contribution is -0.135. The largest absolute Gasteiger partial charge is 0.485 e. The normalized spacial score (nSPS) is 19.1. The molecule has 2 N–H and O–H groups in total. The number of hydrogen-bond donors (Lipinski definition) is 2. The van der Waals surface area contributed by atoms with Crippen molar-refractivity contribution in [1.29, 1.82) is 0 Å². The van der Waals surface area contributed by atoms with Gasteiger partial charge < -0.3 is 9.47 Å². The summed E-state index contributed by atoms with van der Waals surface area (Å²) < 4.78 is 11.2. The van der Waals surface area contributed by atoms with Crippen LogP contribution in [0.4, 0.5) is 0 Å². The van der Waals surface area contributed by atoms with Gasteiger partial charge in [-0.3, -0.25) is 25.3 Å². The number of hydrazine groups is 1. The van der Waals surface area contributed by atoms with Crippen LogP contribution < -0.4 is 20.3 Å². The highest BCUT2D eigenvalue weighted by atomic mass is 16.6. The molecule has 0 saturated carbocycles. The number of ether oxygens (including phenoxy) is 2. The second-order valence-electron chi connectivity index (χ2n) is 7.81. The van der Waals surface area contributed by atoms with Gasteiger partial charge in [-0.25, -0.2) is 0 Å². The van der Waals surface area contributed by atoms with Crippen molar-refractivity contribution in [2.75, 3.05) is 26.2 Å². The SMILES string of the molecule is O=C(CN1CCC(Cc2ccccc2)CC1)NNC(=O)[C@H]1COc2ccccc2O1. The number of piperidine rings is 1. The van der Waals surface area contributed by atoms with Gasteiger partial charge in [0.15, 0.2) is 11.5 Å². The van der Waals surface area contributed by atoms with Crippen molar-refractivity contribution in [3.05, 3.63) is 60.2 Å². The van der Waals surface area contributed by atoms with Crippen LogP contribution in [0.15, 0.2) is 54.6 Å². The summed E-state index contributed by atoms with van der Waals surface area (Å²) in [6, 6.07) is 17.7. The fourth-order valence-electron chi connectivity index (χ4n) is 3.90. The Labute approximate surface area is 176 Å². The van der Waals surface area contributed by atoms with Crippen LogP contribution in [0.1, 0.15) is 18.4 Å². The Kier molecular flexibility index (Phi) is 6.49. The molecular weight excluding hydrogens is 382 g/mol. The molecule has 7 nitrogen and oxygen atoms in total. The monoisotopic (exact) mass is 409 g/mol. The Morgan fingerprint density at radius 2 is 1.63 bits per heavy atom. The fourth-order valence-corrected chi connectivity index (χ4v) is 3.90. The molecule has 1 atom stereocenters. The maximum absolute atomic E-state index is 12.3. The Morgan fingerprint density at radius 3 is 2.40 bits per heavy atom. The standard InChI is InChI=1S/C23H27N3O4/c27-22(15-26-12-10-18(11-13-26)14-17-6-2-1-3-7-17)24-25-23(28)21-16-29-19-8-4-5-9-20(19)30-21/h1-9,18,21H,10-16H2,(H,24,27)(H,25,28)/t21-/m1/s1. The molecule has 0 bridgehead atoms. The van der Waals surface area contributed by atoms with Gasteiger partial charge in [0.2, 0.25) is 6.10 Å². The molecule has 1 saturated heterocycles. The van der Waals surface area contributed by atoms with Crippen LogP contribution in [0.2, 0.25) is 0 Å². The third-order valence-electron chi connectivity index (χ3n) is 5.57. The lowest BCUT2D eigenvalue weighted by atomic mass is 9.90. The van der Waals surface area contributed by atoms with Crippen molar-refractivity contribution in [2.45, 2.75) is 25.4 Å². The molecule has 30 heavy (non-hydrogen) atoms. The maximum atomic E-state index is 12.3. The predicted molar refractivity (Wildman–Crippen MR) is 112 cm³/mol. The van der Waals surface area contributed by atoms with Gasteiger partial charge >= 0.3 is 0 Å². The molecule has 158 valence electrons. The quantitative estimate of drug-likeness (QED) is 0.738. The van der Waals surface area contributed by atoms with Gasteiger partial charge in [0, 0.05) is 0 Å². The van der Waals surface area contributed by atoms with E-state index in [1.54, 1.807) is 12.1 Å². The third-order valence-corrected chi connectivity index (χ3v) is 5.57. The number of carbonyl (C=O) groups excluding carboxylic acids is 2. The molecule has 0 aromatic heterocycles. The van der Waals surface area contributed by atoms with E-state index in [0.717, 1.165) is 32.4 Å². The Bertz CT molecular complexity index is 866. The summed E-state index contributed by atoms with van der Waals surface area (Å²) in [6.07, 6.45) is 2.43. The Hall–Kier alpha value is -3.06. The summed E-state index contributed by atoms with van der Waals surface area (Å²) in [5.74, 6) is 1.12. The van der Waals surface area contributed by atoms with Crippen molar-refractivity contribution in [3.63, 3.8) is 0 Å². The highest BCUT2D eigenvalue weighted by molar-refractivity contribution is 5.85. The second-order valence-corrected chi connectivity index (χ2v) is 7.81. The summed E-state index contributed by atoms with van der Waals surface area (Å²) in [5.41, 5.74) is 6.30. The molecule has 4 rings (SSSR count). The Morgan fingerprint density at radius 1 is 0.933 bits per heavy atom. The molecule has 0 spiro atoms. The van der Waals surface area contributed by atoms with Crippen LogP contribution in [0.25, 0.3) is 0 Å². The minimum Gasteiger partial charge on any atom is -0.485 e. The number of benzene rings is 2. The molecule has 2 aliphatic rings. The van der Waals surface area contributed by atoms with E-state index in [4.69, 9.17) is 9.47 Å². The zero-order chi connectivity index (χ0) is 20.8. The van der Waals surface area contributed by atoms with E-state index < -0.39 is 12.0 Å². The van der Waals surface area contributed by atoms with Crippen molar-refractivity contribution >= 4 is 11.8 Å². The van der Waals surface area contributed by atoms with Gasteiger partial charge in [-0.05, 0) is 56.0 Å². The summed E-state index contributed by atoms with van der Waals surface area (Å²) >= 11 is 0. The summed E-state index contributed by atoms with van der Waals surface area (Å²) in [4.78, 5) is 26.6. The fraction of sp³-hybridized carbons (Fsp3) is 0.391. The average molecular weight is 409 g/mol. The highest BCUT2D eigenvalue weighted by Gasteiger charge is 2.28. The van der Waals surface area contributed by atoms with Gasteiger partial charge in [-0.1, -0.05) is 42.5 Å². The lowest BCUT2D eigenvalue weighted by Gasteiger charge is -2.31. The van der Waals surface area contributed by atoms with E-state index in [2.05, 4.69) is 40.0 Å². The number of para-hydroxylation sites is 2. The number of rotatable bonds is 5. The van der Waals surface area contributed by atoms with Crippen molar-refractivity contribution < 1.29 is 19.1 Å². The lowest BCUT2D eigenvalue weighted by Crippen LogP contribution is -2.53. The smallest absolute Gasteiger partial charge is 0.283 e. The number of fused-ring (bicyclic) bond motifs is 1. The van der Waals surface area contributed by atoms with E-state index in [0.29, 0.717) is 17.4 Å². The molecule has 2 aromatic rings. The van der Waals surface area contributed by atoms with E-state index >= 15 is 0 Å². The van der Waals surface area contributed by atoms with Crippen LogP contribution in [0.5, 0.6) is 11.5 Å². The molecule has 2 aliphatic heterocycles. The highest BCUT2D eigenvalue weighted by Crippen LogP contribution is 2.30. The van der Waals surface area contributed by atoms with E-state index in [9.17, 15) is 9.59 Å². The van der Waals surface area contributed by atoms with E-state index in [1.807, 2.05) is 18.2 Å². The molecule has 0 aliphatic carbocycles. The number of nitrogens with zero attached hydrogens (tertiary/aromatic N) is 1. The first-order chi connectivity index (χ1) is 14.7. The first kappa shape index (κ1) is 20.2. The van der Waals surface area contributed by atoms with Crippen LogP contribution in [-0.2, 0) is 16.0 Å². The number of hydrogen-bond acceptors (Lipinski definition) is 5. The number of likely N-dealkylation sites (tertiary alicyclic amines) is 1. The summed E-state index contributed by atoms with van der Waals surface area (Å²) in [5, 5.41) is 0. The van der Waals surface area contributed by atoms with Crippen LogP contribution in [0, 0.1) is 5.92 Å². The van der Waals surface area contributed by atoms with Crippen LogP contribution >= 0.6 is 0 Å². The van der Waals surface area contributed by atoms with Crippen molar-refractivity contribution in [1.82, 2.24) is 15.8 Å². The molecule has 2 amide bonds. The van der Waals surface area contributed by atoms with Gasteiger partial charge in [0.25, 0.3) is 11.8 Å². The molecule has 7 heteroatoms. The van der Waals surface area contributed by atoms with Crippen LogP contribution in [0.3, 0.4) is 0 Å². The number of nitrogens with one attached hydrogen (secondary N) is 2. The second kappa shape index (κ2) is 9.63. The predicted octanol–water partition coefficient (Wildman–Crippen LogP) is 1.93. The van der Waals surface area contributed by atoms with Gasteiger partial charge in [0.05, 0.1) is 6.54 Å². The summed E-state index contributed by atoms with van der Waals surface area (Å²) in [7, 11) is 0. The Balaban J connectivity index is 1.16. The van der Waals surface area contributed by atoms with E-state index in [1.165, 1.54) is 5.56 Å². The first-order valence-corrected chi connectivity index (χ1v) is 10.4. The van der Waals surface area contributed by atoms with Gasteiger partial charge in [-0.2, -0.15) is 0 Å². The third kappa shape index (κ3) is 5.30. The maximum Gasteiger partial charge on any atom is 0.283 e. The minimum absolute atomic E-state index is 0.105. The van der Waals surface area contributed by atoms with Gasteiger partial charge in [-0.15, -0.1) is 0 Å². The topological polar surface area (TPSA) is 79.9 Å². The molecule has 0 unspecified atom stereocenters. The number of amides is 2. The van der Waals surface area contributed by atoms with Crippen molar-refractivity contribution in [2.24, 2.45) is 5.92 Å². The van der Waals surface area contributed by atoms with Crippen LogP contribution in [-0.4, -0.2) is 49.1 Å². The molecule has 0 radical (unpaired) electrons. The molecule has 1 fully saturated rings. The molecule has 2 aromatic carbocycles. The first-order valence-electron chi connectivity index (χ1n) is 10.4. The van der Waals surface area contributed by atoms with Gasteiger partial charge in [0.1, 0.15) is 6.61 Å².